The molecule has 0 saturated heterocycles. The summed E-state index contributed by atoms with van der Waals surface area (Å²) in [5, 5.41) is 28.2. The molecule has 0 spiro atoms. The molecule has 7 heteroatoms. The minimum Gasteiger partial charge on any atom is -0.491 e. The zero-order valence-corrected chi connectivity index (χ0v) is 17.6. The van der Waals surface area contributed by atoms with Crippen LogP contribution in [0.4, 0.5) is 0 Å². The highest BCUT2D eigenvalue weighted by Gasteiger charge is 2.11. The van der Waals surface area contributed by atoms with Crippen molar-refractivity contribution in [3.63, 3.8) is 0 Å². The molecule has 0 radical (unpaired) electrons. The summed E-state index contributed by atoms with van der Waals surface area (Å²) in [6, 6.07) is 18.4. The van der Waals surface area contributed by atoms with E-state index in [1.807, 2.05) is 24.3 Å². The van der Waals surface area contributed by atoms with Crippen LogP contribution in [-0.4, -0.2) is 53.1 Å². The lowest BCUT2D eigenvalue weighted by atomic mass is 10.0. The zero-order valence-electron chi connectivity index (χ0n) is 17.6. The van der Waals surface area contributed by atoms with E-state index in [0.29, 0.717) is 25.0 Å². The summed E-state index contributed by atoms with van der Waals surface area (Å²) < 4.78 is 5.81. The number of aliphatic hydroxyl groups is 1. The fraction of sp³-hybridized carbons (Fsp3) is 0.391. The topological polar surface area (TPSA) is 116 Å². The first-order chi connectivity index (χ1) is 14.2. The number of aliphatic carboxylic acids is 2. The fourth-order valence-electron chi connectivity index (χ4n) is 2.70. The molecule has 0 aliphatic carbocycles. The molecule has 2 rings (SSSR count). The monoisotopic (exact) mass is 417 g/mol. The predicted octanol–water partition coefficient (Wildman–Crippen LogP) is 3.10. The average Bonchev–Trinajstić information content (AvgIpc) is 2.73. The highest BCUT2D eigenvalue weighted by Crippen LogP contribution is 2.25. The molecule has 2 atom stereocenters. The molecule has 4 N–H and O–H groups in total. The molecular formula is C23H31NO6. The van der Waals surface area contributed by atoms with Crippen LogP contribution in [0, 0.1) is 0 Å². The lowest BCUT2D eigenvalue weighted by Crippen LogP contribution is -2.33. The SMILES string of the molecule is CC(C)c1ccccc1OCC(O)CNCC(C)c1ccccc1.O=C(O)C(=O)O. The van der Waals surface area contributed by atoms with Crippen LogP contribution < -0.4 is 10.1 Å². The maximum Gasteiger partial charge on any atom is 0.414 e. The van der Waals surface area contributed by atoms with E-state index in [1.165, 1.54) is 11.1 Å². The standard InChI is InChI=1S/C21H29NO2.C2H2O4/c1-16(2)20-11-7-8-12-21(20)24-15-19(23)14-22-13-17(3)18-9-5-4-6-10-18;3-1(4)2(5)6/h4-12,16-17,19,22-23H,13-15H2,1-3H3;(H,3,4)(H,5,6). The zero-order chi connectivity index (χ0) is 22.5. The summed E-state index contributed by atoms with van der Waals surface area (Å²) in [6.45, 7) is 8.14. The van der Waals surface area contributed by atoms with Crippen molar-refractivity contribution in [3.05, 3.63) is 65.7 Å². The summed E-state index contributed by atoms with van der Waals surface area (Å²) in [7, 11) is 0. The number of aliphatic hydroxyl groups excluding tert-OH is 1. The van der Waals surface area contributed by atoms with E-state index in [9.17, 15) is 5.11 Å². The molecular weight excluding hydrogens is 386 g/mol. The number of carboxylic acid groups (broad SMARTS) is 2. The number of para-hydroxylation sites is 1. The molecule has 0 aliphatic rings. The van der Waals surface area contributed by atoms with E-state index in [0.717, 1.165) is 12.3 Å². The second-order valence-corrected chi connectivity index (χ2v) is 7.24. The Bertz CT molecular complexity index is 766. The number of carboxylic acids is 2. The largest absolute Gasteiger partial charge is 0.491 e. The number of rotatable bonds is 9. The first kappa shape index (κ1) is 25.1. The number of hydrogen-bond acceptors (Lipinski definition) is 5. The molecule has 0 saturated carbocycles. The Hall–Kier alpha value is -2.90. The summed E-state index contributed by atoms with van der Waals surface area (Å²) in [4.78, 5) is 18.2. The number of nitrogens with one attached hydrogen (secondary N) is 1. The van der Waals surface area contributed by atoms with Crippen molar-refractivity contribution in [2.24, 2.45) is 0 Å². The third kappa shape index (κ3) is 9.54. The molecule has 2 aromatic carbocycles. The molecule has 0 heterocycles. The van der Waals surface area contributed by atoms with Gasteiger partial charge in [-0.3, -0.25) is 0 Å². The van der Waals surface area contributed by atoms with Gasteiger partial charge in [-0.25, -0.2) is 9.59 Å². The van der Waals surface area contributed by atoms with E-state index in [4.69, 9.17) is 24.5 Å². The number of ether oxygens (including phenoxy) is 1. The lowest BCUT2D eigenvalue weighted by molar-refractivity contribution is -0.159. The highest BCUT2D eigenvalue weighted by molar-refractivity contribution is 6.27. The van der Waals surface area contributed by atoms with Crippen LogP contribution in [-0.2, 0) is 9.59 Å². The van der Waals surface area contributed by atoms with Gasteiger partial charge < -0.3 is 25.4 Å². The van der Waals surface area contributed by atoms with Crippen LogP contribution in [0.5, 0.6) is 5.75 Å². The van der Waals surface area contributed by atoms with Gasteiger partial charge in [0.1, 0.15) is 18.5 Å². The normalized spacial score (nSPS) is 12.4. The Morgan fingerprint density at radius 3 is 2.03 bits per heavy atom. The van der Waals surface area contributed by atoms with E-state index >= 15 is 0 Å². The van der Waals surface area contributed by atoms with E-state index in [-0.39, 0.29) is 0 Å². The van der Waals surface area contributed by atoms with Crippen LogP contribution in [0.3, 0.4) is 0 Å². The van der Waals surface area contributed by atoms with Crippen molar-refractivity contribution < 1.29 is 29.6 Å². The van der Waals surface area contributed by atoms with Crippen molar-refractivity contribution in [1.29, 1.82) is 0 Å². The van der Waals surface area contributed by atoms with Gasteiger partial charge in [0, 0.05) is 13.1 Å². The fourth-order valence-corrected chi connectivity index (χ4v) is 2.70. The number of hydrogen-bond donors (Lipinski definition) is 4. The van der Waals surface area contributed by atoms with Gasteiger partial charge in [-0.15, -0.1) is 0 Å². The number of carbonyl (C=O) groups is 2. The molecule has 7 nitrogen and oxygen atoms in total. The molecule has 0 fully saturated rings. The van der Waals surface area contributed by atoms with E-state index in [1.54, 1.807) is 0 Å². The third-order valence-electron chi connectivity index (χ3n) is 4.35. The Morgan fingerprint density at radius 1 is 0.900 bits per heavy atom. The molecule has 0 bridgehead atoms. The molecule has 0 amide bonds. The molecule has 30 heavy (non-hydrogen) atoms. The maximum absolute atomic E-state index is 10.1. The minimum atomic E-state index is -1.82. The minimum absolute atomic E-state index is 0.302. The van der Waals surface area contributed by atoms with Gasteiger partial charge in [-0.2, -0.15) is 0 Å². The first-order valence-electron chi connectivity index (χ1n) is 9.84. The predicted molar refractivity (Wildman–Crippen MR) is 115 cm³/mol. The highest BCUT2D eigenvalue weighted by atomic mass is 16.5. The Morgan fingerprint density at radius 2 is 1.47 bits per heavy atom. The summed E-state index contributed by atoms with van der Waals surface area (Å²) in [5.41, 5.74) is 2.48. The van der Waals surface area contributed by atoms with Gasteiger partial charge in [-0.1, -0.05) is 69.3 Å². The molecule has 2 aromatic rings. The van der Waals surface area contributed by atoms with Gasteiger partial charge >= 0.3 is 11.9 Å². The van der Waals surface area contributed by atoms with Crippen LogP contribution in [0.25, 0.3) is 0 Å². The van der Waals surface area contributed by atoms with Crippen molar-refractivity contribution in [1.82, 2.24) is 5.32 Å². The Kier molecular flexibility index (Phi) is 11.2. The van der Waals surface area contributed by atoms with Crippen molar-refractivity contribution in [3.8, 4) is 5.75 Å². The van der Waals surface area contributed by atoms with E-state index < -0.39 is 18.0 Å². The van der Waals surface area contributed by atoms with Gasteiger partial charge in [0.05, 0.1) is 0 Å². The second kappa shape index (κ2) is 13.3. The Balaban J connectivity index is 0.000000656. The van der Waals surface area contributed by atoms with Crippen molar-refractivity contribution >= 4 is 11.9 Å². The quantitative estimate of drug-likeness (QED) is 0.463. The smallest absolute Gasteiger partial charge is 0.414 e. The second-order valence-electron chi connectivity index (χ2n) is 7.24. The third-order valence-corrected chi connectivity index (χ3v) is 4.35. The van der Waals surface area contributed by atoms with Crippen molar-refractivity contribution in [2.75, 3.05) is 19.7 Å². The van der Waals surface area contributed by atoms with Crippen LogP contribution >= 0.6 is 0 Å². The van der Waals surface area contributed by atoms with Gasteiger partial charge in [0.2, 0.25) is 0 Å². The lowest BCUT2D eigenvalue weighted by Gasteiger charge is -2.18. The van der Waals surface area contributed by atoms with Crippen LogP contribution in [0.2, 0.25) is 0 Å². The Labute approximate surface area is 177 Å². The van der Waals surface area contributed by atoms with Gasteiger partial charge in [-0.05, 0) is 29.0 Å². The summed E-state index contributed by atoms with van der Waals surface area (Å²) in [5.74, 6) is -1.96. The molecule has 0 aliphatic heterocycles. The average molecular weight is 418 g/mol. The van der Waals surface area contributed by atoms with Crippen molar-refractivity contribution in [2.45, 2.75) is 38.7 Å². The van der Waals surface area contributed by atoms with Crippen LogP contribution in [0.15, 0.2) is 54.6 Å². The van der Waals surface area contributed by atoms with Gasteiger partial charge in [0.25, 0.3) is 0 Å². The first-order valence-corrected chi connectivity index (χ1v) is 9.84. The van der Waals surface area contributed by atoms with Gasteiger partial charge in [0.15, 0.2) is 0 Å². The van der Waals surface area contributed by atoms with Crippen LogP contribution in [0.1, 0.15) is 43.7 Å². The molecule has 0 aromatic heterocycles. The maximum atomic E-state index is 10.1. The molecule has 164 valence electrons. The summed E-state index contributed by atoms with van der Waals surface area (Å²) in [6.07, 6.45) is -0.520. The number of benzene rings is 2. The molecule has 2 unspecified atom stereocenters. The van der Waals surface area contributed by atoms with E-state index in [2.05, 4.69) is 56.4 Å². The summed E-state index contributed by atoms with van der Waals surface area (Å²) >= 11 is 0.